The van der Waals surface area contributed by atoms with Gasteiger partial charge in [0.2, 0.25) is 0 Å². The molecule has 16 heavy (non-hydrogen) atoms. The van der Waals surface area contributed by atoms with E-state index in [0.29, 0.717) is 5.82 Å². The summed E-state index contributed by atoms with van der Waals surface area (Å²) in [4.78, 5) is 0. The topological polar surface area (TPSA) is 0 Å². The standard InChI is InChI=1S/C15H31B/c1-3-5-6-7-8-9-10-11-12-13-14-15(16)4-2/h15H,3-14H2,1-2H3. The minimum atomic E-state index is 0.453. The smallest absolute Gasteiger partial charge is 0.0699 e. The maximum atomic E-state index is 5.88. The van der Waals surface area contributed by atoms with E-state index >= 15 is 0 Å². The van der Waals surface area contributed by atoms with Gasteiger partial charge < -0.3 is 0 Å². The van der Waals surface area contributed by atoms with Crippen molar-refractivity contribution in [2.45, 2.75) is 96.7 Å². The maximum absolute atomic E-state index is 5.88. The van der Waals surface area contributed by atoms with Gasteiger partial charge in [0, 0.05) is 0 Å². The van der Waals surface area contributed by atoms with Gasteiger partial charge in [0.05, 0.1) is 7.85 Å². The fourth-order valence-electron chi connectivity index (χ4n) is 2.10. The lowest BCUT2D eigenvalue weighted by molar-refractivity contribution is 0.542. The fourth-order valence-corrected chi connectivity index (χ4v) is 2.10. The molecule has 0 aromatic carbocycles. The highest BCUT2D eigenvalue weighted by Crippen LogP contribution is 2.16. The summed E-state index contributed by atoms with van der Waals surface area (Å²) in [6.07, 6.45) is 16.5. The summed E-state index contributed by atoms with van der Waals surface area (Å²) in [5, 5.41) is 0. The number of rotatable bonds is 12. The van der Waals surface area contributed by atoms with Crippen LogP contribution in [0.1, 0.15) is 90.9 Å². The Hall–Kier alpha value is 0.0649. The highest BCUT2D eigenvalue weighted by molar-refractivity contribution is 6.11. The van der Waals surface area contributed by atoms with Gasteiger partial charge in [-0.15, -0.1) is 0 Å². The van der Waals surface area contributed by atoms with Crippen LogP contribution in [-0.2, 0) is 0 Å². The Bertz CT molecular complexity index is 123. The molecule has 1 heteroatoms. The van der Waals surface area contributed by atoms with Gasteiger partial charge in [-0.05, 0) is 0 Å². The molecule has 0 aromatic heterocycles. The molecular formula is C15H31B. The Morgan fingerprint density at radius 2 is 1.12 bits per heavy atom. The van der Waals surface area contributed by atoms with E-state index in [2.05, 4.69) is 13.8 Å². The molecule has 0 nitrogen and oxygen atoms in total. The third-order valence-electron chi connectivity index (χ3n) is 3.45. The van der Waals surface area contributed by atoms with Crippen LogP contribution in [0.15, 0.2) is 0 Å². The van der Waals surface area contributed by atoms with Crippen LogP contribution in [0.4, 0.5) is 0 Å². The van der Waals surface area contributed by atoms with Gasteiger partial charge >= 0.3 is 0 Å². The van der Waals surface area contributed by atoms with Gasteiger partial charge in [0.15, 0.2) is 0 Å². The molecule has 0 amide bonds. The molecule has 0 N–H and O–H groups in total. The highest BCUT2D eigenvalue weighted by atomic mass is 14.0. The van der Waals surface area contributed by atoms with Crippen LogP contribution in [0.2, 0.25) is 5.82 Å². The van der Waals surface area contributed by atoms with Crippen molar-refractivity contribution in [3.8, 4) is 0 Å². The van der Waals surface area contributed by atoms with E-state index in [1.165, 1.54) is 70.6 Å². The summed E-state index contributed by atoms with van der Waals surface area (Å²) in [7, 11) is 5.88. The fraction of sp³-hybridized carbons (Fsp3) is 1.00. The molecule has 0 aliphatic heterocycles. The van der Waals surface area contributed by atoms with E-state index in [4.69, 9.17) is 7.85 Å². The van der Waals surface area contributed by atoms with E-state index in [9.17, 15) is 0 Å². The van der Waals surface area contributed by atoms with Gasteiger partial charge in [-0.25, -0.2) is 0 Å². The predicted octanol–water partition coefficient (Wildman–Crippen LogP) is 5.66. The number of unbranched alkanes of at least 4 members (excludes halogenated alkanes) is 9. The first kappa shape index (κ1) is 16.1. The van der Waals surface area contributed by atoms with Crippen molar-refractivity contribution in [3.05, 3.63) is 0 Å². The van der Waals surface area contributed by atoms with Gasteiger partial charge in [-0.3, -0.25) is 0 Å². The molecule has 0 aliphatic carbocycles. The zero-order valence-electron chi connectivity index (χ0n) is 11.6. The summed E-state index contributed by atoms with van der Waals surface area (Å²) >= 11 is 0. The molecule has 2 radical (unpaired) electrons. The molecule has 0 spiro atoms. The molecule has 0 aromatic rings. The van der Waals surface area contributed by atoms with E-state index in [1.807, 2.05) is 0 Å². The van der Waals surface area contributed by atoms with Crippen LogP contribution in [0.3, 0.4) is 0 Å². The second kappa shape index (κ2) is 13.1. The van der Waals surface area contributed by atoms with Crippen molar-refractivity contribution in [3.63, 3.8) is 0 Å². The Labute approximate surface area is 105 Å². The van der Waals surface area contributed by atoms with Crippen LogP contribution in [0.5, 0.6) is 0 Å². The Morgan fingerprint density at radius 3 is 1.56 bits per heavy atom. The largest absolute Gasteiger partial charge is 0.0776 e. The Kier molecular flexibility index (Phi) is 13.2. The van der Waals surface area contributed by atoms with Crippen molar-refractivity contribution < 1.29 is 0 Å². The minimum absolute atomic E-state index is 0.453. The Morgan fingerprint density at radius 1 is 0.688 bits per heavy atom. The normalized spacial score (nSPS) is 12.9. The van der Waals surface area contributed by atoms with E-state index in [-0.39, 0.29) is 0 Å². The second-order valence-electron chi connectivity index (χ2n) is 5.14. The first-order valence-corrected chi connectivity index (χ1v) is 7.56. The molecule has 0 aliphatic rings. The molecule has 0 saturated carbocycles. The average Bonchev–Trinajstić information content (AvgIpc) is 2.31. The van der Waals surface area contributed by atoms with Crippen LogP contribution >= 0.6 is 0 Å². The lowest BCUT2D eigenvalue weighted by atomic mass is 9.81. The molecule has 94 valence electrons. The SMILES string of the molecule is [B]C(CC)CCCCCCCCCCCC. The zero-order valence-corrected chi connectivity index (χ0v) is 11.6. The zero-order chi connectivity index (χ0) is 12.1. The first-order valence-electron chi connectivity index (χ1n) is 7.56. The van der Waals surface area contributed by atoms with Crippen LogP contribution in [0.25, 0.3) is 0 Å². The van der Waals surface area contributed by atoms with Crippen molar-refractivity contribution >= 4 is 7.85 Å². The molecule has 0 fully saturated rings. The summed E-state index contributed by atoms with van der Waals surface area (Å²) in [6.45, 7) is 4.46. The molecule has 0 heterocycles. The third-order valence-corrected chi connectivity index (χ3v) is 3.45. The van der Waals surface area contributed by atoms with Crippen LogP contribution in [0, 0.1) is 0 Å². The van der Waals surface area contributed by atoms with E-state index in [0.717, 1.165) is 6.42 Å². The lowest BCUT2D eigenvalue weighted by Gasteiger charge is -2.07. The van der Waals surface area contributed by atoms with Crippen LogP contribution in [-0.4, -0.2) is 7.85 Å². The third kappa shape index (κ3) is 12.1. The minimum Gasteiger partial charge on any atom is -0.0776 e. The van der Waals surface area contributed by atoms with Gasteiger partial charge in [0.1, 0.15) is 0 Å². The van der Waals surface area contributed by atoms with E-state index < -0.39 is 0 Å². The average molecular weight is 222 g/mol. The Balaban J connectivity index is 2.93. The van der Waals surface area contributed by atoms with Crippen molar-refractivity contribution in [2.24, 2.45) is 0 Å². The molecule has 0 rings (SSSR count). The van der Waals surface area contributed by atoms with Crippen molar-refractivity contribution in [1.82, 2.24) is 0 Å². The molecule has 1 atom stereocenters. The van der Waals surface area contributed by atoms with Crippen molar-refractivity contribution in [2.75, 3.05) is 0 Å². The summed E-state index contributed by atoms with van der Waals surface area (Å²) < 4.78 is 0. The van der Waals surface area contributed by atoms with Gasteiger partial charge in [0.25, 0.3) is 0 Å². The summed E-state index contributed by atoms with van der Waals surface area (Å²) in [5.74, 6) is 0.453. The van der Waals surface area contributed by atoms with Gasteiger partial charge in [-0.2, -0.15) is 0 Å². The molecule has 0 saturated heterocycles. The second-order valence-corrected chi connectivity index (χ2v) is 5.14. The summed E-state index contributed by atoms with van der Waals surface area (Å²) in [5.41, 5.74) is 0. The highest BCUT2D eigenvalue weighted by Gasteiger charge is 1.97. The number of hydrogen-bond acceptors (Lipinski definition) is 0. The number of hydrogen-bond donors (Lipinski definition) is 0. The lowest BCUT2D eigenvalue weighted by Crippen LogP contribution is -1.90. The van der Waals surface area contributed by atoms with Crippen molar-refractivity contribution in [1.29, 1.82) is 0 Å². The van der Waals surface area contributed by atoms with Crippen LogP contribution < -0.4 is 0 Å². The quantitative estimate of drug-likeness (QED) is 0.295. The van der Waals surface area contributed by atoms with E-state index in [1.54, 1.807) is 0 Å². The maximum Gasteiger partial charge on any atom is 0.0699 e. The monoisotopic (exact) mass is 222 g/mol. The van der Waals surface area contributed by atoms with Gasteiger partial charge in [-0.1, -0.05) is 96.7 Å². The summed E-state index contributed by atoms with van der Waals surface area (Å²) in [6, 6.07) is 0. The molecule has 0 bridgehead atoms. The molecule has 1 unspecified atom stereocenters. The molecular weight excluding hydrogens is 191 g/mol. The predicted molar refractivity (Wildman–Crippen MR) is 76.3 cm³/mol. The first-order chi connectivity index (χ1) is 7.81.